The second-order valence-electron chi connectivity index (χ2n) is 6.28. The number of carbonyl (C=O) groups is 3. The molecule has 0 bridgehead atoms. The van der Waals surface area contributed by atoms with Crippen LogP contribution in [0, 0.1) is 0 Å². The van der Waals surface area contributed by atoms with Gasteiger partial charge in [-0.15, -0.1) is 0 Å². The molecule has 0 N–H and O–H groups in total. The number of esters is 1. The number of carbonyl (C=O) groups excluding carboxylic acids is 3. The minimum atomic E-state index is -0.211. The molecule has 2 rings (SSSR count). The number of alkyl halides is 1. The molecule has 0 atom stereocenters. The number of ketones is 2. The Morgan fingerprint density at radius 1 is 0.722 bits per heavy atom. The van der Waals surface area contributed by atoms with E-state index < -0.39 is 0 Å². The van der Waals surface area contributed by atoms with Gasteiger partial charge in [-0.05, 0) is 38.1 Å². The molecule has 0 saturated carbocycles. The van der Waals surface area contributed by atoms with Crippen LogP contribution in [0.2, 0.25) is 0 Å². The van der Waals surface area contributed by atoms with Gasteiger partial charge in [-0.25, -0.2) is 0 Å². The van der Waals surface area contributed by atoms with Gasteiger partial charge >= 0.3 is 45.5 Å². The Morgan fingerprint density at radius 3 is 1.25 bits per heavy atom. The van der Waals surface area contributed by atoms with Gasteiger partial charge in [-0.2, -0.15) is 0 Å². The number of hydrogen-bond acceptors (Lipinski definition) is 8. The van der Waals surface area contributed by atoms with Crippen LogP contribution in [0.4, 0.5) is 0 Å². The van der Waals surface area contributed by atoms with Gasteiger partial charge in [0, 0.05) is 30.2 Å². The molecule has 0 aliphatic heterocycles. The molecule has 0 aliphatic rings. The fourth-order valence-electron chi connectivity index (χ4n) is 2.26. The molecule has 0 fully saturated rings. The fourth-order valence-corrected chi connectivity index (χ4v) is 2.58. The summed E-state index contributed by atoms with van der Waals surface area (Å²) >= 11 is 10.5. The molecule has 12 heteroatoms. The fraction of sp³-hybridized carbons (Fsp3) is 0.375. The number of rotatable bonds is 8. The third-order valence-electron chi connectivity index (χ3n) is 3.90. The molecule has 8 nitrogen and oxygen atoms in total. The van der Waals surface area contributed by atoms with Crippen molar-refractivity contribution in [2.45, 2.75) is 20.8 Å². The maximum absolute atomic E-state index is 11.4. The number of ether oxygens (including phenoxy) is 5. The van der Waals surface area contributed by atoms with Crippen LogP contribution >= 0.6 is 44.2 Å². The molecule has 0 radical (unpaired) electrons. The first-order valence-corrected chi connectivity index (χ1v) is 15.9. The predicted molar refractivity (Wildman–Crippen MR) is 147 cm³/mol. The molecular weight excluding hydrogens is 720 g/mol. The van der Waals surface area contributed by atoms with E-state index in [9.17, 15) is 14.4 Å². The van der Waals surface area contributed by atoms with Gasteiger partial charge in [0.2, 0.25) is 0 Å². The Bertz CT molecular complexity index is 897. The standard InChI is InChI=1S/C10H11BrO3.C10H12O3.C4H8O2.2BrH.Cu/c1-13-8-3-7(10(12)6-11)4-9(5-8)14-2;1-7(11)8-4-9(12-2)6-10(5-8)13-3;1-3-6-4(2)5;;;/h3-5H,6H2,1-2H3;4-6H,1-3H3;3H2,1-2H3;2*1H;/q;;;;;+2/p-2. The summed E-state index contributed by atoms with van der Waals surface area (Å²) in [5.41, 5.74) is 1.18. The Kier molecular flexibility index (Phi) is 23.0. The van der Waals surface area contributed by atoms with E-state index in [0.717, 1.165) is 0 Å². The van der Waals surface area contributed by atoms with Crippen molar-refractivity contribution in [3.05, 3.63) is 47.5 Å². The summed E-state index contributed by atoms with van der Waals surface area (Å²) in [5, 5.41) is 0.295. The van der Waals surface area contributed by atoms with Crippen LogP contribution in [0.25, 0.3) is 0 Å². The summed E-state index contributed by atoms with van der Waals surface area (Å²) in [6.07, 6.45) is 0. The number of benzene rings is 2. The molecular formula is C24H31Br3CuO8. The van der Waals surface area contributed by atoms with E-state index >= 15 is 0 Å². The van der Waals surface area contributed by atoms with E-state index in [1.807, 2.05) is 0 Å². The van der Waals surface area contributed by atoms with Crippen LogP contribution in [0.1, 0.15) is 41.5 Å². The zero-order valence-electron chi connectivity index (χ0n) is 21.1. The molecule has 0 aliphatic carbocycles. The molecule has 207 valence electrons. The maximum atomic E-state index is 11.4. The Hall–Kier alpha value is -1.59. The average Bonchev–Trinajstić information content (AvgIpc) is 2.88. The number of hydrogen-bond donors (Lipinski definition) is 0. The third kappa shape index (κ3) is 17.0. The van der Waals surface area contributed by atoms with E-state index in [2.05, 4.69) is 48.9 Å². The van der Waals surface area contributed by atoms with E-state index in [1.54, 1.807) is 71.8 Å². The van der Waals surface area contributed by atoms with Crippen molar-refractivity contribution in [1.29, 1.82) is 0 Å². The van der Waals surface area contributed by atoms with E-state index in [1.165, 1.54) is 25.2 Å². The molecule has 36 heavy (non-hydrogen) atoms. The summed E-state index contributed by atoms with van der Waals surface area (Å²) in [6.45, 7) is 5.16. The van der Waals surface area contributed by atoms with Crippen LogP contribution in [-0.2, 0) is 20.9 Å². The van der Waals surface area contributed by atoms with E-state index in [4.69, 9.17) is 18.9 Å². The number of Topliss-reactive ketones (excluding diaryl/α,β-unsaturated/α-hetero) is 2. The van der Waals surface area contributed by atoms with Crippen molar-refractivity contribution in [2.24, 2.45) is 0 Å². The Balaban J connectivity index is 0. The van der Waals surface area contributed by atoms with Gasteiger partial charge in [-0.1, -0.05) is 15.9 Å². The quantitative estimate of drug-likeness (QED) is 0.132. The first-order valence-electron chi connectivity index (χ1n) is 10.1. The van der Waals surface area contributed by atoms with Crippen LogP contribution in [-0.4, -0.2) is 57.9 Å². The van der Waals surface area contributed by atoms with Crippen molar-refractivity contribution in [2.75, 3.05) is 40.4 Å². The summed E-state index contributed by atoms with van der Waals surface area (Å²) in [7, 11) is 6.21. The van der Waals surface area contributed by atoms with Crippen LogP contribution in [0.5, 0.6) is 23.0 Å². The average molecular weight is 751 g/mol. The SMILES string of the molecule is CCOC(C)=O.COc1cc(OC)cc(C(=O)CBr)c1.COc1cc(OC)cc(C(C)=O)c1.[Br][Cu][Br]. The Labute approximate surface area is 241 Å². The topological polar surface area (TPSA) is 97.4 Å². The zero-order chi connectivity index (χ0) is 28.1. The molecule has 0 amide bonds. The summed E-state index contributed by atoms with van der Waals surface area (Å²) in [5.74, 6) is 2.29. The second kappa shape index (κ2) is 22.6. The van der Waals surface area contributed by atoms with E-state index in [-0.39, 0.29) is 17.5 Å². The Morgan fingerprint density at radius 2 is 1.06 bits per heavy atom. The first-order chi connectivity index (χ1) is 17.1. The molecule has 0 saturated heterocycles. The zero-order valence-corrected chi connectivity index (χ0v) is 26.8. The normalized spacial score (nSPS) is 9.06. The van der Waals surface area contributed by atoms with Gasteiger partial charge in [0.1, 0.15) is 23.0 Å². The third-order valence-corrected chi connectivity index (χ3v) is 4.41. The molecule has 0 unspecified atom stereocenters. The molecule has 0 heterocycles. The number of halogens is 3. The van der Waals surface area contributed by atoms with Crippen molar-refractivity contribution < 1.29 is 49.4 Å². The van der Waals surface area contributed by atoms with Crippen molar-refractivity contribution in [1.82, 2.24) is 0 Å². The summed E-state index contributed by atoms with van der Waals surface area (Å²) < 4.78 is 24.5. The van der Waals surface area contributed by atoms with E-state index in [0.29, 0.717) is 46.1 Å². The predicted octanol–water partition coefficient (Wildman–Crippen LogP) is 6.45. The van der Waals surface area contributed by atoms with Gasteiger partial charge in [0.05, 0.1) is 40.4 Å². The summed E-state index contributed by atoms with van der Waals surface area (Å²) in [4.78, 5) is 32.3. The van der Waals surface area contributed by atoms with Crippen molar-refractivity contribution in [3.8, 4) is 23.0 Å². The van der Waals surface area contributed by atoms with Crippen LogP contribution < -0.4 is 18.9 Å². The van der Waals surface area contributed by atoms with Crippen molar-refractivity contribution in [3.63, 3.8) is 0 Å². The van der Waals surface area contributed by atoms with Crippen LogP contribution in [0.3, 0.4) is 0 Å². The van der Waals surface area contributed by atoms with Crippen LogP contribution in [0.15, 0.2) is 36.4 Å². The molecule has 0 spiro atoms. The summed E-state index contributed by atoms with van der Waals surface area (Å²) in [6, 6.07) is 10.2. The van der Waals surface area contributed by atoms with Gasteiger partial charge < -0.3 is 23.7 Å². The molecule has 2 aromatic rings. The molecule has 2 aromatic carbocycles. The second-order valence-corrected chi connectivity index (χ2v) is 11.6. The van der Waals surface area contributed by atoms with Gasteiger partial charge in [-0.3, -0.25) is 14.4 Å². The molecule has 0 aromatic heterocycles. The minimum absolute atomic E-state index is 0.00204. The first kappa shape index (κ1) is 36.6. The van der Waals surface area contributed by atoms with Crippen molar-refractivity contribution >= 4 is 61.7 Å². The number of methoxy groups -OCH3 is 4. The van der Waals surface area contributed by atoms with Gasteiger partial charge in [0.25, 0.3) is 0 Å². The van der Waals surface area contributed by atoms with Gasteiger partial charge in [0.15, 0.2) is 11.6 Å². The monoisotopic (exact) mass is 747 g/mol.